The van der Waals surface area contributed by atoms with Crippen molar-refractivity contribution in [1.82, 2.24) is 35.2 Å². The van der Waals surface area contributed by atoms with E-state index in [1.165, 1.54) is 11.1 Å². The largest absolute Gasteiger partial charge is 0.357 e. The molecule has 0 unspecified atom stereocenters. The van der Waals surface area contributed by atoms with Crippen LogP contribution in [0.5, 0.6) is 0 Å². The first kappa shape index (κ1) is 25.5. The summed E-state index contributed by atoms with van der Waals surface area (Å²) in [6, 6.07) is 8.87. The monoisotopic (exact) mass is 540 g/mol. The number of rotatable bonds is 9. The third-order valence-electron chi connectivity index (χ3n) is 5.45. The van der Waals surface area contributed by atoms with Gasteiger partial charge in [0.1, 0.15) is 12.2 Å². The number of nitrogens with one attached hydrogen (secondary N) is 2. The SMILES string of the molecule is CCNC(=NCc1ccc(CN2CCN(C)CC2)cc1)NCCn1cnnc1CC.I. The lowest BCUT2D eigenvalue weighted by atomic mass is 10.1. The van der Waals surface area contributed by atoms with E-state index in [9.17, 15) is 0 Å². The molecule has 31 heavy (non-hydrogen) atoms. The van der Waals surface area contributed by atoms with E-state index >= 15 is 0 Å². The van der Waals surface area contributed by atoms with Crippen molar-refractivity contribution < 1.29 is 0 Å². The Labute approximate surface area is 203 Å². The van der Waals surface area contributed by atoms with E-state index in [0.29, 0.717) is 6.54 Å². The van der Waals surface area contributed by atoms with Crippen LogP contribution in [0.1, 0.15) is 30.8 Å². The van der Waals surface area contributed by atoms with Gasteiger partial charge in [-0.2, -0.15) is 0 Å². The van der Waals surface area contributed by atoms with Gasteiger partial charge in [-0.25, -0.2) is 4.99 Å². The molecule has 2 heterocycles. The van der Waals surface area contributed by atoms with Crippen molar-refractivity contribution in [3.05, 3.63) is 47.5 Å². The summed E-state index contributed by atoms with van der Waals surface area (Å²) in [6.07, 6.45) is 2.67. The number of likely N-dealkylation sites (N-methyl/N-ethyl adjacent to an activating group) is 1. The fourth-order valence-electron chi connectivity index (χ4n) is 3.56. The van der Waals surface area contributed by atoms with Gasteiger partial charge < -0.3 is 20.1 Å². The summed E-state index contributed by atoms with van der Waals surface area (Å²) < 4.78 is 2.08. The van der Waals surface area contributed by atoms with Gasteiger partial charge in [0.05, 0.1) is 6.54 Å². The summed E-state index contributed by atoms with van der Waals surface area (Å²) in [4.78, 5) is 9.66. The molecule has 1 aliphatic heterocycles. The summed E-state index contributed by atoms with van der Waals surface area (Å²) >= 11 is 0. The Bertz CT molecular complexity index is 781. The summed E-state index contributed by atoms with van der Waals surface area (Å²) in [5.74, 6) is 1.85. The molecule has 0 saturated carbocycles. The zero-order chi connectivity index (χ0) is 21.2. The maximum atomic E-state index is 4.74. The molecule has 0 atom stereocenters. The molecule has 1 aliphatic rings. The lowest BCUT2D eigenvalue weighted by molar-refractivity contribution is 0.148. The highest BCUT2D eigenvalue weighted by Crippen LogP contribution is 2.10. The third-order valence-corrected chi connectivity index (χ3v) is 5.45. The third kappa shape index (κ3) is 8.38. The topological polar surface area (TPSA) is 73.6 Å². The molecule has 0 amide bonds. The average Bonchev–Trinajstić information content (AvgIpc) is 3.22. The first-order chi connectivity index (χ1) is 14.7. The van der Waals surface area contributed by atoms with Gasteiger partial charge in [0.2, 0.25) is 0 Å². The number of hydrogen-bond donors (Lipinski definition) is 2. The van der Waals surface area contributed by atoms with E-state index in [-0.39, 0.29) is 24.0 Å². The van der Waals surface area contributed by atoms with Gasteiger partial charge in [0.25, 0.3) is 0 Å². The van der Waals surface area contributed by atoms with E-state index in [4.69, 9.17) is 4.99 Å². The highest BCUT2D eigenvalue weighted by molar-refractivity contribution is 14.0. The van der Waals surface area contributed by atoms with Crippen LogP contribution < -0.4 is 10.6 Å². The van der Waals surface area contributed by atoms with Crippen LogP contribution in [0, 0.1) is 0 Å². The molecular weight excluding hydrogens is 503 g/mol. The smallest absolute Gasteiger partial charge is 0.191 e. The van der Waals surface area contributed by atoms with Crippen molar-refractivity contribution in [2.75, 3.05) is 46.3 Å². The minimum absolute atomic E-state index is 0. The van der Waals surface area contributed by atoms with Crippen molar-refractivity contribution in [2.24, 2.45) is 4.99 Å². The summed E-state index contributed by atoms with van der Waals surface area (Å²) in [7, 11) is 2.19. The number of aromatic nitrogens is 3. The maximum Gasteiger partial charge on any atom is 0.191 e. The zero-order valence-corrected chi connectivity index (χ0v) is 21.4. The number of hydrogen-bond acceptors (Lipinski definition) is 5. The molecule has 1 aromatic carbocycles. The number of nitrogens with zero attached hydrogens (tertiary/aromatic N) is 6. The number of benzene rings is 1. The van der Waals surface area contributed by atoms with E-state index < -0.39 is 0 Å². The number of piperazine rings is 1. The molecule has 0 radical (unpaired) electrons. The van der Waals surface area contributed by atoms with Gasteiger partial charge in [0, 0.05) is 58.8 Å². The molecule has 3 rings (SSSR count). The second kappa shape index (κ2) is 13.6. The fraction of sp³-hybridized carbons (Fsp3) is 0.591. The lowest BCUT2D eigenvalue weighted by Gasteiger charge is -2.32. The fourth-order valence-corrected chi connectivity index (χ4v) is 3.56. The number of aliphatic imine (C=N–C) groups is 1. The van der Waals surface area contributed by atoms with E-state index in [1.54, 1.807) is 6.33 Å². The molecule has 9 heteroatoms. The second-order valence-corrected chi connectivity index (χ2v) is 7.81. The van der Waals surface area contributed by atoms with Gasteiger partial charge in [0.15, 0.2) is 5.96 Å². The van der Waals surface area contributed by atoms with Crippen LogP contribution in [0.4, 0.5) is 0 Å². The molecule has 8 nitrogen and oxygen atoms in total. The minimum atomic E-state index is 0. The Kier molecular flexibility index (Phi) is 11.2. The van der Waals surface area contributed by atoms with Crippen LogP contribution in [-0.4, -0.2) is 76.8 Å². The molecule has 0 spiro atoms. The standard InChI is InChI=1S/C22H36N8.HI/c1-4-21-27-26-18-30(21)11-10-24-22(23-5-2)25-16-19-6-8-20(9-7-19)17-29-14-12-28(3)13-15-29;/h6-9,18H,4-5,10-17H2,1-3H3,(H2,23,24,25);1H. The van der Waals surface area contributed by atoms with Gasteiger partial charge in [-0.05, 0) is 25.1 Å². The van der Waals surface area contributed by atoms with Crippen LogP contribution in [0.25, 0.3) is 0 Å². The van der Waals surface area contributed by atoms with Crippen molar-refractivity contribution in [1.29, 1.82) is 0 Å². The van der Waals surface area contributed by atoms with Gasteiger partial charge in [-0.1, -0.05) is 31.2 Å². The molecule has 0 bridgehead atoms. The number of aryl methyl sites for hydroxylation is 1. The maximum absolute atomic E-state index is 4.74. The Balaban J connectivity index is 0.00000341. The second-order valence-electron chi connectivity index (χ2n) is 7.81. The first-order valence-corrected chi connectivity index (χ1v) is 11.1. The van der Waals surface area contributed by atoms with Crippen LogP contribution in [0.2, 0.25) is 0 Å². The van der Waals surface area contributed by atoms with Crippen molar-refractivity contribution in [2.45, 2.75) is 39.9 Å². The van der Waals surface area contributed by atoms with E-state index in [1.807, 2.05) is 0 Å². The quantitative estimate of drug-likeness (QED) is 0.288. The van der Waals surface area contributed by atoms with E-state index in [0.717, 1.165) is 70.6 Å². The Morgan fingerprint density at radius 2 is 1.74 bits per heavy atom. The molecule has 1 fully saturated rings. The summed E-state index contributed by atoms with van der Waals surface area (Å²) in [6.45, 7) is 12.9. The van der Waals surface area contributed by atoms with Crippen LogP contribution in [-0.2, 0) is 26.1 Å². The molecular formula is C22H37IN8. The van der Waals surface area contributed by atoms with E-state index in [2.05, 4.69) is 80.4 Å². The predicted molar refractivity (Wildman–Crippen MR) is 137 cm³/mol. The molecule has 1 aromatic heterocycles. The number of guanidine groups is 1. The zero-order valence-electron chi connectivity index (χ0n) is 19.0. The highest BCUT2D eigenvalue weighted by atomic mass is 127. The highest BCUT2D eigenvalue weighted by Gasteiger charge is 2.13. The van der Waals surface area contributed by atoms with Crippen molar-refractivity contribution in [3.63, 3.8) is 0 Å². The Morgan fingerprint density at radius 3 is 2.42 bits per heavy atom. The van der Waals surface area contributed by atoms with Gasteiger partial charge in [-0.3, -0.25) is 4.90 Å². The summed E-state index contributed by atoms with van der Waals surface area (Å²) in [5.41, 5.74) is 2.60. The summed E-state index contributed by atoms with van der Waals surface area (Å²) in [5, 5.41) is 14.8. The normalized spacial score (nSPS) is 15.5. The van der Waals surface area contributed by atoms with Gasteiger partial charge in [-0.15, -0.1) is 34.2 Å². The van der Waals surface area contributed by atoms with Crippen LogP contribution in [0.15, 0.2) is 35.6 Å². The molecule has 1 saturated heterocycles. The van der Waals surface area contributed by atoms with Crippen molar-refractivity contribution >= 4 is 29.9 Å². The number of halogens is 1. The molecule has 2 N–H and O–H groups in total. The first-order valence-electron chi connectivity index (χ1n) is 11.1. The molecule has 0 aliphatic carbocycles. The Morgan fingerprint density at radius 1 is 1.03 bits per heavy atom. The molecule has 172 valence electrons. The van der Waals surface area contributed by atoms with Crippen molar-refractivity contribution in [3.8, 4) is 0 Å². The molecule has 2 aromatic rings. The predicted octanol–water partition coefficient (Wildman–Crippen LogP) is 1.96. The Hall–Kier alpha value is -1.72. The van der Waals surface area contributed by atoms with Crippen LogP contribution in [0.3, 0.4) is 0 Å². The lowest BCUT2D eigenvalue weighted by Crippen LogP contribution is -2.43. The van der Waals surface area contributed by atoms with Gasteiger partial charge >= 0.3 is 0 Å². The van der Waals surface area contributed by atoms with Crippen LogP contribution >= 0.6 is 24.0 Å². The minimum Gasteiger partial charge on any atom is -0.357 e. The average molecular weight is 540 g/mol.